The standard InChI is InChI=1S/C14H20O2/c1-3-5-8-11-16-14(15)13-10-7-6-9-12(13)4-2/h6-7,9-10H,3-5,8,11H2,1-2H3. The highest BCUT2D eigenvalue weighted by Crippen LogP contribution is 2.11. The first-order valence-corrected chi connectivity index (χ1v) is 6.04. The van der Waals surface area contributed by atoms with Gasteiger partial charge in [-0.3, -0.25) is 0 Å². The molecule has 0 radical (unpaired) electrons. The number of carbonyl (C=O) groups excluding carboxylic acids is 1. The number of hydrogen-bond donors (Lipinski definition) is 0. The van der Waals surface area contributed by atoms with Crippen LogP contribution in [0.2, 0.25) is 0 Å². The lowest BCUT2D eigenvalue weighted by molar-refractivity contribution is 0.0497. The summed E-state index contributed by atoms with van der Waals surface area (Å²) in [6.45, 7) is 4.71. The van der Waals surface area contributed by atoms with E-state index in [0.29, 0.717) is 12.2 Å². The molecule has 88 valence electrons. The fourth-order valence-electron chi connectivity index (χ4n) is 1.62. The molecule has 0 aliphatic heterocycles. The zero-order valence-corrected chi connectivity index (χ0v) is 10.2. The van der Waals surface area contributed by atoms with Crippen LogP contribution in [0.25, 0.3) is 0 Å². The molecule has 0 aromatic heterocycles. The molecule has 0 saturated carbocycles. The van der Waals surface area contributed by atoms with Gasteiger partial charge in [0.15, 0.2) is 0 Å². The molecule has 0 saturated heterocycles. The molecule has 1 aromatic carbocycles. The summed E-state index contributed by atoms with van der Waals surface area (Å²) in [5, 5.41) is 0. The van der Waals surface area contributed by atoms with E-state index in [1.54, 1.807) is 0 Å². The van der Waals surface area contributed by atoms with Crippen molar-refractivity contribution >= 4 is 5.97 Å². The van der Waals surface area contributed by atoms with Crippen LogP contribution in [-0.4, -0.2) is 12.6 Å². The number of ether oxygens (including phenoxy) is 1. The summed E-state index contributed by atoms with van der Waals surface area (Å²) < 4.78 is 5.23. The summed E-state index contributed by atoms with van der Waals surface area (Å²) in [5.74, 6) is -0.187. The van der Waals surface area contributed by atoms with Gasteiger partial charge in [-0.15, -0.1) is 0 Å². The molecule has 1 aromatic rings. The van der Waals surface area contributed by atoms with E-state index in [4.69, 9.17) is 4.74 Å². The minimum absolute atomic E-state index is 0.187. The topological polar surface area (TPSA) is 26.3 Å². The fraction of sp³-hybridized carbons (Fsp3) is 0.500. The number of carbonyl (C=O) groups is 1. The predicted molar refractivity (Wildman–Crippen MR) is 65.6 cm³/mol. The Hall–Kier alpha value is -1.31. The first kappa shape index (κ1) is 12.8. The Kier molecular flexibility index (Phi) is 5.62. The van der Waals surface area contributed by atoms with Crippen molar-refractivity contribution in [3.05, 3.63) is 35.4 Å². The molecule has 1 rings (SSSR count). The highest BCUT2D eigenvalue weighted by molar-refractivity contribution is 5.91. The number of unbranched alkanes of at least 4 members (excludes halogenated alkanes) is 2. The average molecular weight is 220 g/mol. The van der Waals surface area contributed by atoms with E-state index in [1.807, 2.05) is 31.2 Å². The molecule has 0 aliphatic rings. The van der Waals surface area contributed by atoms with Crippen LogP contribution in [0.4, 0.5) is 0 Å². The Morgan fingerprint density at radius 2 is 1.94 bits per heavy atom. The maximum absolute atomic E-state index is 11.8. The second-order valence-corrected chi connectivity index (χ2v) is 3.85. The molecule has 16 heavy (non-hydrogen) atoms. The highest BCUT2D eigenvalue weighted by atomic mass is 16.5. The van der Waals surface area contributed by atoms with Crippen LogP contribution in [-0.2, 0) is 11.2 Å². The zero-order chi connectivity index (χ0) is 11.8. The third-order valence-corrected chi connectivity index (χ3v) is 2.60. The summed E-state index contributed by atoms with van der Waals surface area (Å²) in [6, 6.07) is 7.64. The molecule has 0 bridgehead atoms. The van der Waals surface area contributed by atoms with E-state index in [9.17, 15) is 4.79 Å². The van der Waals surface area contributed by atoms with Gasteiger partial charge in [0.05, 0.1) is 12.2 Å². The Morgan fingerprint density at radius 1 is 1.19 bits per heavy atom. The largest absolute Gasteiger partial charge is 0.462 e. The molecule has 0 N–H and O–H groups in total. The van der Waals surface area contributed by atoms with Crippen LogP contribution in [0.3, 0.4) is 0 Å². The SMILES string of the molecule is CCCCCOC(=O)c1ccccc1CC. The van der Waals surface area contributed by atoms with Crippen LogP contribution in [0.15, 0.2) is 24.3 Å². The van der Waals surface area contributed by atoms with Gasteiger partial charge in [0.25, 0.3) is 0 Å². The number of rotatable bonds is 6. The minimum atomic E-state index is -0.187. The van der Waals surface area contributed by atoms with Crippen LogP contribution in [0, 0.1) is 0 Å². The lowest BCUT2D eigenvalue weighted by atomic mass is 10.1. The van der Waals surface area contributed by atoms with Crippen LogP contribution in [0.1, 0.15) is 49.0 Å². The van der Waals surface area contributed by atoms with Gasteiger partial charge >= 0.3 is 5.97 Å². The number of esters is 1. The van der Waals surface area contributed by atoms with Crippen molar-refractivity contribution < 1.29 is 9.53 Å². The Morgan fingerprint density at radius 3 is 2.62 bits per heavy atom. The lowest BCUT2D eigenvalue weighted by Crippen LogP contribution is -2.09. The van der Waals surface area contributed by atoms with E-state index >= 15 is 0 Å². The maximum atomic E-state index is 11.8. The molecule has 0 atom stereocenters. The van der Waals surface area contributed by atoms with E-state index < -0.39 is 0 Å². The number of aryl methyl sites for hydroxylation is 1. The van der Waals surface area contributed by atoms with E-state index in [2.05, 4.69) is 6.92 Å². The normalized spacial score (nSPS) is 10.1. The highest BCUT2D eigenvalue weighted by Gasteiger charge is 2.10. The number of benzene rings is 1. The summed E-state index contributed by atoms with van der Waals surface area (Å²) >= 11 is 0. The van der Waals surface area contributed by atoms with Gasteiger partial charge in [0.1, 0.15) is 0 Å². The van der Waals surface area contributed by atoms with Crippen molar-refractivity contribution in [2.75, 3.05) is 6.61 Å². The molecular weight excluding hydrogens is 200 g/mol. The molecule has 2 heteroatoms. The molecule has 0 unspecified atom stereocenters. The van der Waals surface area contributed by atoms with Crippen molar-refractivity contribution in [1.29, 1.82) is 0 Å². The van der Waals surface area contributed by atoms with Crippen molar-refractivity contribution in [3.8, 4) is 0 Å². The van der Waals surface area contributed by atoms with Gasteiger partial charge in [-0.1, -0.05) is 44.9 Å². The molecule has 2 nitrogen and oxygen atoms in total. The summed E-state index contributed by atoms with van der Waals surface area (Å²) in [4.78, 5) is 11.8. The van der Waals surface area contributed by atoms with Crippen molar-refractivity contribution in [2.24, 2.45) is 0 Å². The Bertz CT molecular complexity index is 331. The quantitative estimate of drug-likeness (QED) is 0.541. The van der Waals surface area contributed by atoms with Gasteiger partial charge < -0.3 is 4.74 Å². The zero-order valence-electron chi connectivity index (χ0n) is 10.2. The van der Waals surface area contributed by atoms with Gasteiger partial charge in [-0.25, -0.2) is 4.79 Å². The fourth-order valence-corrected chi connectivity index (χ4v) is 1.62. The summed E-state index contributed by atoms with van der Waals surface area (Å²) in [7, 11) is 0. The first-order valence-electron chi connectivity index (χ1n) is 6.04. The van der Waals surface area contributed by atoms with Crippen LogP contribution < -0.4 is 0 Å². The predicted octanol–water partition coefficient (Wildman–Crippen LogP) is 3.60. The van der Waals surface area contributed by atoms with Crippen molar-refractivity contribution in [2.45, 2.75) is 39.5 Å². The summed E-state index contributed by atoms with van der Waals surface area (Å²) in [5.41, 5.74) is 1.77. The van der Waals surface area contributed by atoms with E-state index in [1.165, 1.54) is 0 Å². The Labute approximate surface area is 97.6 Å². The van der Waals surface area contributed by atoms with E-state index in [-0.39, 0.29) is 5.97 Å². The second-order valence-electron chi connectivity index (χ2n) is 3.85. The van der Waals surface area contributed by atoms with Crippen molar-refractivity contribution in [1.82, 2.24) is 0 Å². The summed E-state index contributed by atoms with van der Waals surface area (Å²) in [6.07, 6.45) is 4.07. The Balaban J connectivity index is 2.52. The van der Waals surface area contributed by atoms with E-state index in [0.717, 1.165) is 31.2 Å². The maximum Gasteiger partial charge on any atom is 0.338 e. The van der Waals surface area contributed by atoms with Crippen LogP contribution in [0.5, 0.6) is 0 Å². The van der Waals surface area contributed by atoms with Crippen molar-refractivity contribution in [3.63, 3.8) is 0 Å². The molecule has 0 heterocycles. The average Bonchev–Trinajstić information content (AvgIpc) is 2.34. The molecule has 0 spiro atoms. The van der Waals surface area contributed by atoms with Gasteiger partial charge in [-0.05, 0) is 24.5 Å². The van der Waals surface area contributed by atoms with Crippen LogP contribution >= 0.6 is 0 Å². The molecule has 0 amide bonds. The number of hydrogen-bond acceptors (Lipinski definition) is 2. The molecular formula is C14H20O2. The second kappa shape index (κ2) is 7.04. The van der Waals surface area contributed by atoms with Gasteiger partial charge in [0.2, 0.25) is 0 Å². The minimum Gasteiger partial charge on any atom is -0.462 e. The smallest absolute Gasteiger partial charge is 0.338 e. The first-order chi connectivity index (χ1) is 7.79. The third-order valence-electron chi connectivity index (χ3n) is 2.60. The van der Waals surface area contributed by atoms with Gasteiger partial charge in [0, 0.05) is 0 Å². The van der Waals surface area contributed by atoms with Gasteiger partial charge in [-0.2, -0.15) is 0 Å². The molecule has 0 aliphatic carbocycles. The molecule has 0 fully saturated rings. The third kappa shape index (κ3) is 3.69. The monoisotopic (exact) mass is 220 g/mol. The lowest BCUT2D eigenvalue weighted by Gasteiger charge is -2.07.